The lowest BCUT2D eigenvalue weighted by atomic mass is 10.1. The summed E-state index contributed by atoms with van der Waals surface area (Å²) in [6.45, 7) is 1.49. The second-order valence-electron chi connectivity index (χ2n) is 6.59. The number of hydrogen-bond donors (Lipinski definition) is 1. The van der Waals surface area contributed by atoms with E-state index in [1.54, 1.807) is 11.3 Å². The lowest BCUT2D eigenvalue weighted by Gasteiger charge is -2.22. The van der Waals surface area contributed by atoms with Gasteiger partial charge in [0.25, 0.3) is 0 Å². The van der Waals surface area contributed by atoms with Crippen molar-refractivity contribution < 1.29 is 0 Å². The highest BCUT2D eigenvalue weighted by Gasteiger charge is 2.09. The molecule has 0 saturated carbocycles. The molecule has 0 fully saturated rings. The summed E-state index contributed by atoms with van der Waals surface area (Å²) in [5.74, 6) is 0.870. The minimum atomic E-state index is 0.686. The van der Waals surface area contributed by atoms with Gasteiger partial charge in [0, 0.05) is 44.8 Å². The number of rotatable bonds is 7. The van der Waals surface area contributed by atoms with Crippen LogP contribution in [0.25, 0.3) is 0 Å². The van der Waals surface area contributed by atoms with E-state index in [1.165, 1.54) is 16.3 Å². The number of aryl methyl sites for hydroxylation is 3. The van der Waals surface area contributed by atoms with Crippen molar-refractivity contribution in [2.45, 2.75) is 25.9 Å². The topological polar surface area (TPSA) is 45.5 Å². The molecular weight excluding hydrogens is 354 g/mol. The van der Waals surface area contributed by atoms with Crippen molar-refractivity contribution in [2.75, 3.05) is 14.1 Å². The number of aliphatic imine (C=N–C) groups is 1. The molecule has 0 atom stereocenters. The van der Waals surface area contributed by atoms with Crippen molar-refractivity contribution >= 4 is 17.3 Å². The van der Waals surface area contributed by atoms with Gasteiger partial charge in [-0.05, 0) is 24.1 Å². The molecule has 0 aliphatic rings. The van der Waals surface area contributed by atoms with Crippen molar-refractivity contribution in [3.8, 4) is 0 Å². The Labute approximate surface area is 165 Å². The zero-order valence-corrected chi connectivity index (χ0v) is 17.0. The Morgan fingerprint density at radius 1 is 1.19 bits per heavy atom. The second-order valence-corrected chi connectivity index (χ2v) is 7.53. The number of aromatic nitrogens is 2. The van der Waals surface area contributed by atoms with Crippen molar-refractivity contribution in [3.63, 3.8) is 0 Å². The third-order valence-corrected chi connectivity index (χ3v) is 5.48. The fraction of sp³-hybridized carbons (Fsp3) is 0.333. The zero-order valence-electron chi connectivity index (χ0n) is 16.2. The molecular formula is C21H27N5S. The number of benzene rings is 1. The molecule has 5 nitrogen and oxygen atoms in total. The average molecular weight is 382 g/mol. The van der Waals surface area contributed by atoms with Gasteiger partial charge >= 0.3 is 0 Å². The lowest BCUT2D eigenvalue weighted by molar-refractivity contribution is 0.461. The summed E-state index contributed by atoms with van der Waals surface area (Å²) in [7, 11) is 5.93. The number of guanidine groups is 1. The summed E-state index contributed by atoms with van der Waals surface area (Å²) < 4.78 is 2.13. The molecule has 0 aliphatic heterocycles. The SMILES string of the molecule is CN=C(NCc1csc(CCc2ccccc2)n1)N(C)Cc1cccn1C. The van der Waals surface area contributed by atoms with Gasteiger partial charge in [0.15, 0.2) is 5.96 Å². The first kappa shape index (κ1) is 19.2. The molecule has 6 heteroatoms. The third kappa shape index (κ3) is 5.44. The van der Waals surface area contributed by atoms with Gasteiger partial charge in [-0.1, -0.05) is 30.3 Å². The Balaban J connectivity index is 1.50. The van der Waals surface area contributed by atoms with Crippen LogP contribution in [0.5, 0.6) is 0 Å². The molecule has 0 spiro atoms. The minimum absolute atomic E-state index is 0.686. The molecule has 2 heterocycles. The average Bonchev–Trinajstić information content (AvgIpc) is 3.30. The van der Waals surface area contributed by atoms with Crippen molar-refractivity contribution in [1.29, 1.82) is 0 Å². The molecule has 0 bridgehead atoms. The highest BCUT2D eigenvalue weighted by Crippen LogP contribution is 2.13. The first-order valence-electron chi connectivity index (χ1n) is 9.15. The molecule has 0 saturated heterocycles. The van der Waals surface area contributed by atoms with Crippen molar-refractivity contribution in [1.82, 2.24) is 19.8 Å². The molecule has 1 aromatic carbocycles. The fourth-order valence-electron chi connectivity index (χ4n) is 2.97. The van der Waals surface area contributed by atoms with Gasteiger partial charge in [-0.3, -0.25) is 4.99 Å². The predicted molar refractivity (Wildman–Crippen MR) is 113 cm³/mol. The molecule has 142 valence electrons. The van der Waals surface area contributed by atoms with Crippen LogP contribution in [0.1, 0.15) is 22.0 Å². The third-order valence-electron chi connectivity index (χ3n) is 4.52. The van der Waals surface area contributed by atoms with E-state index in [9.17, 15) is 0 Å². The number of nitrogens with zero attached hydrogens (tertiary/aromatic N) is 4. The zero-order chi connectivity index (χ0) is 19.1. The van der Waals surface area contributed by atoms with Crippen LogP contribution >= 0.6 is 11.3 Å². The number of thiazole rings is 1. The van der Waals surface area contributed by atoms with E-state index in [0.29, 0.717) is 6.54 Å². The van der Waals surface area contributed by atoms with Crippen LogP contribution in [-0.4, -0.2) is 34.5 Å². The Morgan fingerprint density at radius 2 is 2.00 bits per heavy atom. The van der Waals surface area contributed by atoms with Crippen LogP contribution < -0.4 is 5.32 Å². The van der Waals surface area contributed by atoms with Crippen LogP contribution in [0.2, 0.25) is 0 Å². The van der Waals surface area contributed by atoms with Gasteiger partial charge in [-0.15, -0.1) is 11.3 Å². The van der Waals surface area contributed by atoms with Crippen LogP contribution in [0.4, 0.5) is 0 Å². The number of hydrogen-bond acceptors (Lipinski definition) is 3. The summed E-state index contributed by atoms with van der Waals surface area (Å²) in [6, 6.07) is 14.8. The van der Waals surface area contributed by atoms with Gasteiger partial charge in [0.05, 0.1) is 23.8 Å². The van der Waals surface area contributed by atoms with Gasteiger partial charge in [0.2, 0.25) is 0 Å². The molecule has 0 radical (unpaired) electrons. The minimum Gasteiger partial charge on any atom is -0.353 e. The Morgan fingerprint density at radius 3 is 2.70 bits per heavy atom. The summed E-state index contributed by atoms with van der Waals surface area (Å²) in [5.41, 5.74) is 3.67. The van der Waals surface area contributed by atoms with E-state index in [1.807, 2.05) is 7.05 Å². The maximum atomic E-state index is 4.76. The van der Waals surface area contributed by atoms with E-state index in [-0.39, 0.29) is 0 Å². The van der Waals surface area contributed by atoms with E-state index >= 15 is 0 Å². The maximum absolute atomic E-state index is 4.76. The molecule has 0 unspecified atom stereocenters. The first-order valence-corrected chi connectivity index (χ1v) is 10.0. The summed E-state index contributed by atoms with van der Waals surface area (Å²) in [6.07, 6.45) is 4.07. The number of nitrogens with one attached hydrogen (secondary N) is 1. The predicted octanol–water partition coefficient (Wildman–Crippen LogP) is 3.47. The Bertz CT molecular complexity index is 866. The summed E-state index contributed by atoms with van der Waals surface area (Å²) >= 11 is 1.73. The maximum Gasteiger partial charge on any atom is 0.194 e. The standard InChI is InChI=1S/C21H27N5S/c1-22-21(26(3)15-19-10-7-13-25(19)2)23-14-18-16-27-20(24-18)12-11-17-8-5-4-6-9-17/h4-10,13,16H,11-12,14-15H2,1-3H3,(H,22,23). The molecule has 0 aliphatic carbocycles. The van der Waals surface area contributed by atoms with Crippen molar-refractivity contribution in [3.05, 3.63) is 76.0 Å². The second kappa shape index (κ2) is 9.37. The van der Waals surface area contributed by atoms with E-state index in [2.05, 4.69) is 87.9 Å². The van der Waals surface area contributed by atoms with Crippen LogP contribution in [0.15, 0.2) is 59.0 Å². The molecule has 2 aromatic heterocycles. The first-order chi connectivity index (χ1) is 13.2. The largest absolute Gasteiger partial charge is 0.353 e. The molecule has 0 amide bonds. The Hall–Kier alpha value is -2.60. The van der Waals surface area contributed by atoms with E-state index in [4.69, 9.17) is 4.98 Å². The van der Waals surface area contributed by atoms with Crippen molar-refractivity contribution in [2.24, 2.45) is 12.0 Å². The molecule has 3 aromatic rings. The Kier molecular flexibility index (Phi) is 6.65. The molecule has 27 heavy (non-hydrogen) atoms. The van der Waals surface area contributed by atoms with Crippen LogP contribution in [-0.2, 0) is 33.0 Å². The highest BCUT2D eigenvalue weighted by atomic mass is 32.1. The molecule has 3 rings (SSSR count). The van der Waals surface area contributed by atoms with Gasteiger partial charge in [-0.25, -0.2) is 4.98 Å². The van der Waals surface area contributed by atoms with E-state index in [0.717, 1.165) is 31.0 Å². The fourth-order valence-corrected chi connectivity index (χ4v) is 3.77. The monoisotopic (exact) mass is 381 g/mol. The van der Waals surface area contributed by atoms with Gasteiger partial charge in [-0.2, -0.15) is 0 Å². The quantitative estimate of drug-likeness (QED) is 0.503. The lowest BCUT2D eigenvalue weighted by Crippen LogP contribution is -2.38. The summed E-state index contributed by atoms with van der Waals surface area (Å²) in [4.78, 5) is 11.3. The molecule has 1 N–H and O–H groups in total. The smallest absolute Gasteiger partial charge is 0.194 e. The van der Waals surface area contributed by atoms with Gasteiger partial charge < -0.3 is 14.8 Å². The van der Waals surface area contributed by atoms with Crippen LogP contribution in [0.3, 0.4) is 0 Å². The van der Waals surface area contributed by atoms with E-state index < -0.39 is 0 Å². The summed E-state index contributed by atoms with van der Waals surface area (Å²) in [5, 5.41) is 6.74. The van der Waals surface area contributed by atoms with Gasteiger partial charge in [0.1, 0.15) is 0 Å². The normalized spacial score (nSPS) is 11.6. The van der Waals surface area contributed by atoms with Crippen LogP contribution in [0, 0.1) is 0 Å². The highest BCUT2D eigenvalue weighted by molar-refractivity contribution is 7.09.